The highest BCUT2D eigenvalue weighted by molar-refractivity contribution is 5.79. The SMILES string of the molecule is C=C(C)CNC(=O)[C@H]1CCCC(F)(F)C1. The van der Waals surface area contributed by atoms with Crippen LogP contribution in [-0.4, -0.2) is 18.4 Å². The Hall–Kier alpha value is -0.930. The van der Waals surface area contributed by atoms with Gasteiger partial charge in [0.05, 0.1) is 0 Å². The molecule has 1 N–H and O–H groups in total. The van der Waals surface area contributed by atoms with Crippen LogP contribution in [0.3, 0.4) is 0 Å². The molecule has 1 saturated carbocycles. The summed E-state index contributed by atoms with van der Waals surface area (Å²) >= 11 is 0. The summed E-state index contributed by atoms with van der Waals surface area (Å²) in [5.41, 5.74) is 0.825. The predicted octanol–water partition coefficient (Wildman–Crippen LogP) is 2.50. The van der Waals surface area contributed by atoms with E-state index in [9.17, 15) is 13.6 Å². The average molecular weight is 217 g/mol. The monoisotopic (exact) mass is 217 g/mol. The molecule has 0 bridgehead atoms. The summed E-state index contributed by atoms with van der Waals surface area (Å²) in [6.07, 6.45) is 0.599. The van der Waals surface area contributed by atoms with Crippen LogP contribution in [0, 0.1) is 5.92 Å². The van der Waals surface area contributed by atoms with Crippen molar-refractivity contribution in [2.45, 2.75) is 38.5 Å². The second-order valence-corrected chi connectivity index (χ2v) is 4.32. The fourth-order valence-electron chi connectivity index (χ4n) is 1.78. The summed E-state index contributed by atoms with van der Waals surface area (Å²) in [6.45, 7) is 5.80. The van der Waals surface area contributed by atoms with E-state index in [1.807, 2.05) is 0 Å². The molecule has 1 aliphatic carbocycles. The third kappa shape index (κ3) is 3.98. The number of nitrogens with one attached hydrogen (secondary N) is 1. The molecule has 1 fully saturated rings. The van der Waals surface area contributed by atoms with Gasteiger partial charge in [-0.3, -0.25) is 4.79 Å². The Morgan fingerprint density at radius 2 is 2.27 bits per heavy atom. The van der Waals surface area contributed by atoms with Crippen LogP contribution in [0.25, 0.3) is 0 Å². The van der Waals surface area contributed by atoms with E-state index in [0.29, 0.717) is 19.4 Å². The van der Waals surface area contributed by atoms with Crippen molar-refractivity contribution >= 4 is 5.91 Å². The third-order valence-corrected chi connectivity index (χ3v) is 2.58. The molecule has 1 amide bonds. The first-order valence-electron chi connectivity index (χ1n) is 5.21. The number of rotatable bonds is 3. The average Bonchev–Trinajstić information content (AvgIpc) is 2.12. The number of alkyl halides is 2. The van der Waals surface area contributed by atoms with E-state index >= 15 is 0 Å². The third-order valence-electron chi connectivity index (χ3n) is 2.58. The van der Waals surface area contributed by atoms with Crippen molar-refractivity contribution in [3.63, 3.8) is 0 Å². The van der Waals surface area contributed by atoms with E-state index in [1.54, 1.807) is 6.92 Å². The fraction of sp³-hybridized carbons (Fsp3) is 0.727. The summed E-state index contributed by atoms with van der Waals surface area (Å²) in [5, 5.41) is 2.62. The van der Waals surface area contributed by atoms with Crippen molar-refractivity contribution in [3.05, 3.63) is 12.2 Å². The van der Waals surface area contributed by atoms with Crippen LogP contribution in [0.4, 0.5) is 8.78 Å². The molecule has 4 heteroatoms. The highest BCUT2D eigenvalue weighted by Gasteiger charge is 2.38. The van der Waals surface area contributed by atoms with Crippen LogP contribution in [0.5, 0.6) is 0 Å². The van der Waals surface area contributed by atoms with Crippen LogP contribution in [0.1, 0.15) is 32.6 Å². The van der Waals surface area contributed by atoms with Gasteiger partial charge in [-0.15, -0.1) is 0 Å². The molecule has 0 aromatic heterocycles. The van der Waals surface area contributed by atoms with Crippen molar-refractivity contribution in [1.82, 2.24) is 5.32 Å². The molecule has 0 radical (unpaired) electrons. The van der Waals surface area contributed by atoms with Gasteiger partial charge < -0.3 is 5.32 Å². The summed E-state index contributed by atoms with van der Waals surface area (Å²) in [4.78, 5) is 11.5. The zero-order chi connectivity index (χ0) is 11.5. The van der Waals surface area contributed by atoms with E-state index in [-0.39, 0.29) is 18.7 Å². The van der Waals surface area contributed by atoms with Gasteiger partial charge in [0.15, 0.2) is 0 Å². The van der Waals surface area contributed by atoms with E-state index < -0.39 is 11.8 Å². The molecule has 0 aliphatic heterocycles. The molecular formula is C11H17F2NO. The summed E-state index contributed by atoms with van der Waals surface area (Å²) < 4.78 is 26.0. The number of hydrogen-bond acceptors (Lipinski definition) is 1. The smallest absolute Gasteiger partial charge is 0.248 e. The molecule has 2 nitrogen and oxygen atoms in total. The minimum atomic E-state index is -2.66. The lowest BCUT2D eigenvalue weighted by atomic mass is 9.86. The van der Waals surface area contributed by atoms with Crippen LogP contribution in [0.2, 0.25) is 0 Å². The zero-order valence-electron chi connectivity index (χ0n) is 8.98. The Balaban J connectivity index is 2.42. The standard InChI is InChI=1S/C11H17F2NO/c1-8(2)7-14-10(15)9-4-3-5-11(12,13)6-9/h9H,1,3-7H2,2H3,(H,14,15)/t9-/m0/s1. The van der Waals surface area contributed by atoms with Gasteiger partial charge in [-0.1, -0.05) is 12.2 Å². The first-order chi connectivity index (χ1) is 6.91. The molecule has 0 unspecified atom stereocenters. The lowest BCUT2D eigenvalue weighted by Gasteiger charge is -2.27. The van der Waals surface area contributed by atoms with E-state index in [2.05, 4.69) is 11.9 Å². The second-order valence-electron chi connectivity index (χ2n) is 4.32. The Labute approximate surface area is 88.7 Å². The molecule has 0 heterocycles. The Morgan fingerprint density at radius 1 is 1.60 bits per heavy atom. The van der Waals surface area contributed by atoms with E-state index in [1.165, 1.54) is 0 Å². The molecule has 0 aromatic rings. The van der Waals surface area contributed by atoms with Crippen molar-refractivity contribution < 1.29 is 13.6 Å². The quantitative estimate of drug-likeness (QED) is 0.723. The van der Waals surface area contributed by atoms with Crippen LogP contribution in [0.15, 0.2) is 12.2 Å². The van der Waals surface area contributed by atoms with Crippen molar-refractivity contribution in [2.75, 3.05) is 6.54 Å². The highest BCUT2D eigenvalue weighted by Crippen LogP contribution is 2.36. The lowest BCUT2D eigenvalue weighted by Crippen LogP contribution is -2.37. The predicted molar refractivity (Wildman–Crippen MR) is 54.7 cm³/mol. The van der Waals surface area contributed by atoms with Crippen molar-refractivity contribution in [3.8, 4) is 0 Å². The minimum Gasteiger partial charge on any atom is -0.352 e. The molecule has 0 saturated heterocycles. The number of halogens is 2. The van der Waals surface area contributed by atoms with Crippen molar-refractivity contribution in [2.24, 2.45) is 5.92 Å². The van der Waals surface area contributed by atoms with Gasteiger partial charge in [-0.05, 0) is 19.8 Å². The number of carbonyl (C=O) groups is 1. The Bertz CT molecular complexity index is 263. The lowest BCUT2D eigenvalue weighted by molar-refractivity contribution is -0.132. The molecule has 86 valence electrons. The van der Waals surface area contributed by atoms with Crippen LogP contribution < -0.4 is 5.32 Å². The molecule has 0 aromatic carbocycles. The van der Waals surface area contributed by atoms with E-state index in [4.69, 9.17) is 0 Å². The topological polar surface area (TPSA) is 29.1 Å². The molecular weight excluding hydrogens is 200 g/mol. The first-order valence-corrected chi connectivity index (χ1v) is 5.21. The summed E-state index contributed by atoms with van der Waals surface area (Å²) in [5.74, 6) is -3.46. The van der Waals surface area contributed by atoms with Crippen LogP contribution >= 0.6 is 0 Å². The molecule has 0 spiro atoms. The van der Waals surface area contributed by atoms with Gasteiger partial charge in [0.2, 0.25) is 11.8 Å². The fourth-order valence-corrected chi connectivity index (χ4v) is 1.78. The molecule has 15 heavy (non-hydrogen) atoms. The van der Waals surface area contributed by atoms with Gasteiger partial charge in [0, 0.05) is 25.3 Å². The highest BCUT2D eigenvalue weighted by atomic mass is 19.3. The molecule has 1 aliphatic rings. The molecule has 1 rings (SSSR count). The number of carbonyl (C=O) groups excluding carboxylic acids is 1. The van der Waals surface area contributed by atoms with Gasteiger partial charge in [-0.25, -0.2) is 8.78 Å². The first kappa shape index (κ1) is 12.1. The number of amides is 1. The maximum absolute atomic E-state index is 13.0. The zero-order valence-corrected chi connectivity index (χ0v) is 8.98. The molecule has 1 atom stereocenters. The normalized spacial score (nSPS) is 24.6. The Morgan fingerprint density at radius 3 is 2.80 bits per heavy atom. The number of hydrogen-bond donors (Lipinski definition) is 1. The van der Waals surface area contributed by atoms with Crippen LogP contribution in [-0.2, 0) is 4.79 Å². The van der Waals surface area contributed by atoms with Gasteiger partial charge in [0.1, 0.15) is 0 Å². The largest absolute Gasteiger partial charge is 0.352 e. The summed E-state index contributed by atoms with van der Waals surface area (Å²) in [6, 6.07) is 0. The van der Waals surface area contributed by atoms with Gasteiger partial charge in [0.25, 0.3) is 0 Å². The maximum atomic E-state index is 13.0. The van der Waals surface area contributed by atoms with E-state index in [0.717, 1.165) is 5.57 Å². The van der Waals surface area contributed by atoms with Crippen molar-refractivity contribution in [1.29, 1.82) is 0 Å². The minimum absolute atomic E-state index is 0.0860. The Kier molecular flexibility index (Phi) is 3.83. The van der Waals surface area contributed by atoms with Gasteiger partial charge >= 0.3 is 0 Å². The second kappa shape index (κ2) is 4.73. The maximum Gasteiger partial charge on any atom is 0.248 e. The van der Waals surface area contributed by atoms with Gasteiger partial charge in [-0.2, -0.15) is 0 Å². The summed E-state index contributed by atoms with van der Waals surface area (Å²) in [7, 11) is 0.